The molecule has 0 saturated carbocycles. The smallest absolute Gasteiger partial charge is 0.172 e. The van der Waals surface area contributed by atoms with Crippen LogP contribution in [0.25, 0.3) is 10.9 Å². The van der Waals surface area contributed by atoms with Crippen molar-refractivity contribution in [1.29, 1.82) is 0 Å². The van der Waals surface area contributed by atoms with Crippen LogP contribution in [0.4, 0.5) is 0 Å². The van der Waals surface area contributed by atoms with Crippen molar-refractivity contribution in [2.24, 2.45) is 10.9 Å². The van der Waals surface area contributed by atoms with Crippen LogP contribution in [0.15, 0.2) is 40.5 Å². The number of benzene rings is 1. The van der Waals surface area contributed by atoms with Gasteiger partial charge in [-0.1, -0.05) is 23.4 Å². The number of ether oxygens (including phenoxy) is 1. The van der Waals surface area contributed by atoms with E-state index in [-0.39, 0.29) is 11.9 Å². The average Bonchev–Trinajstić information content (AvgIpc) is 3.05. The molecule has 5 nitrogen and oxygen atoms in total. The van der Waals surface area contributed by atoms with Crippen LogP contribution in [0, 0.1) is 0 Å². The number of nitrogens with two attached hydrogens (primary N) is 1. The van der Waals surface area contributed by atoms with Gasteiger partial charge in [0.15, 0.2) is 5.84 Å². The Labute approximate surface area is 127 Å². The molecule has 1 aliphatic heterocycles. The lowest BCUT2D eigenvalue weighted by Gasteiger charge is -2.13. The Morgan fingerprint density at radius 1 is 1.48 bits per heavy atom. The average molecular weight is 303 g/mol. The molecular formula is C15H17N3O2S. The normalized spacial score (nSPS) is 19.2. The van der Waals surface area contributed by atoms with Gasteiger partial charge in [-0.15, -0.1) is 11.8 Å². The van der Waals surface area contributed by atoms with Crippen molar-refractivity contribution in [3.8, 4) is 0 Å². The van der Waals surface area contributed by atoms with Gasteiger partial charge in [0.2, 0.25) is 0 Å². The summed E-state index contributed by atoms with van der Waals surface area (Å²) in [6, 6.07) is 7.89. The van der Waals surface area contributed by atoms with Crippen LogP contribution < -0.4 is 5.73 Å². The van der Waals surface area contributed by atoms with E-state index in [1.54, 1.807) is 18.0 Å². The van der Waals surface area contributed by atoms with Gasteiger partial charge >= 0.3 is 0 Å². The molecule has 1 fully saturated rings. The maximum Gasteiger partial charge on any atom is 0.172 e. The van der Waals surface area contributed by atoms with Crippen LogP contribution in [0.2, 0.25) is 0 Å². The van der Waals surface area contributed by atoms with Crippen LogP contribution in [0.1, 0.15) is 18.4 Å². The fourth-order valence-electron chi connectivity index (χ4n) is 2.46. The molecule has 1 unspecified atom stereocenters. The van der Waals surface area contributed by atoms with Gasteiger partial charge in [-0.25, -0.2) is 0 Å². The van der Waals surface area contributed by atoms with E-state index in [9.17, 15) is 0 Å². The molecule has 2 heterocycles. The molecule has 0 amide bonds. The third-order valence-electron chi connectivity index (χ3n) is 3.55. The van der Waals surface area contributed by atoms with Gasteiger partial charge in [-0.2, -0.15) is 0 Å². The molecule has 1 aliphatic rings. The van der Waals surface area contributed by atoms with Crippen LogP contribution >= 0.6 is 11.8 Å². The van der Waals surface area contributed by atoms with Crippen molar-refractivity contribution in [3.63, 3.8) is 0 Å². The highest BCUT2D eigenvalue weighted by molar-refractivity contribution is 7.99. The molecule has 6 heteroatoms. The minimum atomic E-state index is 0.0862. The van der Waals surface area contributed by atoms with Crippen LogP contribution in [-0.4, -0.2) is 34.5 Å². The van der Waals surface area contributed by atoms with Crippen molar-refractivity contribution >= 4 is 28.5 Å². The Balaban J connectivity index is 1.98. The zero-order valence-corrected chi connectivity index (χ0v) is 12.3. The second-order valence-electron chi connectivity index (χ2n) is 4.95. The first-order valence-corrected chi connectivity index (χ1v) is 7.88. The van der Waals surface area contributed by atoms with Crippen molar-refractivity contribution in [3.05, 3.63) is 36.0 Å². The monoisotopic (exact) mass is 303 g/mol. The molecule has 3 N–H and O–H groups in total. The number of rotatable bonds is 4. The largest absolute Gasteiger partial charge is 0.409 e. The zero-order valence-electron chi connectivity index (χ0n) is 11.5. The second-order valence-corrected chi connectivity index (χ2v) is 5.98. The van der Waals surface area contributed by atoms with E-state index in [1.807, 2.05) is 24.3 Å². The summed E-state index contributed by atoms with van der Waals surface area (Å²) >= 11 is 1.68. The number of nitrogens with zero attached hydrogens (tertiary/aromatic N) is 2. The number of para-hydroxylation sites is 1. The van der Waals surface area contributed by atoms with Crippen molar-refractivity contribution in [2.75, 3.05) is 12.4 Å². The summed E-state index contributed by atoms with van der Waals surface area (Å²) in [5.74, 6) is 0.947. The van der Waals surface area contributed by atoms with Gasteiger partial charge in [0.1, 0.15) is 0 Å². The first kappa shape index (κ1) is 14.2. The second kappa shape index (κ2) is 6.32. The summed E-state index contributed by atoms with van der Waals surface area (Å²) in [5, 5.41) is 13.1. The fraction of sp³-hybridized carbons (Fsp3) is 0.333. The van der Waals surface area contributed by atoms with E-state index in [2.05, 4.69) is 10.1 Å². The van der Waals surface area contributed by atoms with Crippen molar-refractivity contribution in [1.82, 2.24) is 4.98 Å². The van der Waals surface area contributed by atoms with Crippen LogP contribution in [0.3, 0.4) is 0 Å². The SMILES string of the molecule is N/C(=N/O)c1cnc2ccccc2c1SCC1CCCO1. The van der Waals surface area contributed by atoms with Crippen LogP contribution in [0.5, 0.6) is 0 Å². The molecule has 21 heavy (non-hydrogen) atoms. The lowest BCUT2D eigenvalue weighted by Crippen LogP contribution is -2.16. The summed E-state index contributed by atoms with van der Waals surface area (Å²) in [7, 11) is 0. The number of thioether (sulfide) groups is 1. The van der Waals surface area contributed by atoms with Crippen molar-refractivity contribution < 1.29 is 9.94 Å². The molecule has 2 aromatic rings. The summed E-state index contributed by atoms with van der Waals surface area (Å²) in [6.45, 7) is 0.843. The number of hydrogen-bond donors (Lipinski definition) is 2. The topological polar surface area (TPSA) is 80.7 Å². The molecule has 0 radical (unpaired) electrons. The zero-order chi connectivity index (χ0) is 14.7. The van der Waals surface area contributed by atoms with E-state index in [0.29, 0.717) is 5.56 Å². The van der Waals surface area contributed by atoms with Gasteiger partial charge < -0.3 is 15.7 Å². The molecule has 1 aromatic carbocycles. The van der Waals surface area contributed by atoms with E-state index >= 15 is 0 Å². The van der Waals surface area contributed by atoms with E-state index < -0.39 is 0 Å². The lowest BCUT2D eigenvalue weighted by molar-refractivity contribution is 0.129. The number of fused-ring (bicyclic) bond motifs is 1. The minimum Gasteiger partial charge on any atom is -0.409 e. The quantitative estimate of drug-likeness (QED) is 0.298. The van der Waals surface area contributed by atoms with E-state index in [4.69, 9.17) is 15.7 Å². The third kappa shape index (κ3) is 2.96. The summed E-state index contributed by atoms with van der Waals surface area (Å²) in [6.07, 6.45) is 4.15. The molecule has 0 spiro atoms. The minimum absolute atomic E-state index is 0.0862. The maximum absolute atomic E-state index is 8.97. The number of pyridine rings is 1. The Kier molecular flexibility index (Phi) is 4.26. The highest BCUT2D eigenvalue weighted by atomic mass is 32.2. The summed E-state index contributed by atoms with van der Waals surface area (Å²) in [4.78, 5) is 5.37. The molecule has 0 aliphatic carbocycles. The molecule has 1 saturated heterocycles. The van der Waals surface area contributed by atoms with E-state index in [1.165, 1.54) is 0 Å². The molecular weight excluding hydrogens is 286 g/mol. The number of oxime groups is 1. The standard InChI is InChI=1S/C15H17N3O2S/c16-15(18-19)12-8-17-13-6-2-1-5-11(13)14(12)21-9-10-4-3-7-20-10/h1-2,5-6,8,10,19H,3-4,7,9H2,(H2,16,18). The highest BCUT2D eigenvalue weighted by Crippen LogP contribution is 2.32. The molecule has 1 aromatic heterocycles. The van der Waals surface area contributed by atoms with Crippen LogP contribution in [-0.2, 0) is 4.74 Å². The Morgan fingerprint density at radius 3 is 3.10 bits per heavy atom. The Morgan fingerprint density at radius 2 is 2.33 bits per heavy atom. The number of hydrogen-bond acceptors (Lipinski definition) is 5. The molecule has 110 valence electrons. The summed E-state index contributed by atoms with van der Waals surface area (Å²) in [5.41, 5.74) is 7.36. The number of aromatic nitrogens is 1. The Bertz CT molecular complexity index is 669. The number of amidine groups is 1. The third-order valence-corrected chi connectivity index (χ3v) is 4.81. The van der Waals surface area contributed by atoms with Gasteiger partial charge in [0.25, 0.3) is 0 Å². The molecule has 3 rings (SSSR count). The predicted octanol–water partition coefficient (Wildman–Crippen LogP) is 2.60. The molecule has 0 bridgehead atoms. The fourth-order valence-corrected chi connectivity index (χ4v) is 3.72. The summed E-state index contributed by atoms with van der Waals surface area (Å²) < 4.78 is 5.67. The molecule has 1 atom stereocenters. The van der Waals surface area contributed by atoms with Gasteiger partial charge in [0, 0.05) is 28.8 Å². The van der Waals surface area contributed by atoms with Gasteiger partial charge in [-0.05, 0) is 18.9 Å². The maximum atomic E-state index is 8.97. The van der Waals surface area contributed by atoms with Crippen molar-refractivity contribution in [2.45, 2.75) is 23.8 Å². The van der Waals surface area contributed by atoms with Gasteiger partial charge in [0.05, 0.1) is 17.2 Å². The predicted molar refractivity (Wildman–Crippen MR) is 84.0 cm³/mol. The first-order chi connectivity index (χ1) is 10.3. The lowest BCUT2D eigenvalue weighted by atomic mass is 10.1. The van der Waals surface area contributed by atoms with Gasteiger partial charge in [-0.3, -0.25) is 4.98 Å². The van der Waals surface area contributed by atoms with E-state index in [0.717, 1.165) is 41.0 Å². The first-order valence-electron chi connectivity index (χ1n) is 6.89. The highest BCUT2D eigenvalue weighted by Gasteiger charge is 2.19. The Hall–Kier alpha value is -1.79.